The average Bonchev–Trinajstić information content (AvgIpc) is 2.48. The first-order chi connectivity index (χ1) is 6.68. The first-order valence-electron chi connectivity index (χ1n) is 4.79. The second kappa shape index (κ2) is 3.87. The van der Waals surface area contributed by atoms with Crippen LogP contribution >= 0.6 is 15.9 Å². The molecule has 1 aromatic heterocycles. The standard InChI is InChI=1S/C10H14BrN3/c1-7-5-14(6-9(7)12)10-8(11)3-2-4-13-10/h2-4,7,9H,5-6,12H2,1H3. The fourth-order valence-corrected chi connectivity index (χ4v) is 2.28. The summed E-state index contributed by atoms with van der Waals surface area (Å²) in [5, 5.41) is 0. The zero-order valence-corrected chi connectivity index (χ0v) is 9.74. The summed E-state index contributed by atoms with van der Waals surface area (Å²) in [6, 6.07) is 4.20. The molecular weight excluding hydrogens is 242 g/mol. The van der Waals surface area contributed by atoms with Gasteiger partial charge in [-0.15, -0.1) is 0 Å². The van der Waals surface area contributed by atoms with Crippen LogP contribution < -0.4 is 10.6 Å². The molecule has 1 saturated heterocycles. The molecule has 3 nitrogen and oxygen atoms in total. The van der Waals surface area contributed by atoms with E-state index in [4.69, 9.17) is 5.73 Å². The highest BCUT2D eigenvalue weighted by Gasteiger charge is 2.28. The van der Waals surface area contributed by atoms with Crippen molar-refractivity contribution in [3.8, 4) is 0 Å². The molecular formula is C10H14BrN3. The fourth-order valence-electron chi connectivity index (χ4n) is 1.77. The number of aromatic nitrogens is 1. The molecule has 0 radical (unpaired) electrons. The third-order valence-electron chi connectivity index (χ3n) is 2.71. The number of hydrogen-bond acceptors (Lipinski definition) is 3. The fraction of sp³-hybridized carbons (Fsp3) is 0.500. The van der Waals surface area contributed by atoms with Gasteiger partial charge in [0.25, 0.3) is 0 Å². The van der Waals surface area contributed by atoms with Gasteiger partial charge in [0.1, 0.15) is 5.82 Å². The van der Waals surface area contributed by atoms with Crippen LogP contribution in [0.25, 0.3) is 0 Å². The van der Waals surface area contributed by atoms with Crippen molar-refractivity contribution in [1.82, 2.24) is 4.98 Å². The molecule has 1 aliphatic heterocycles. The molecule has 0 amide bonds. The first kappa shape index (κ1) is 9.93. The van der Waals surface area contributed by atoms with Crippen LogP contribution in [0.15, 0.2) is 22.8 Å². The summed E-state index contributed by atoms with van der Waals surface area (Å²) >= 11 is 3.50. The van der Waals surface area contributed by atoms with Gasteiger partial charge in [-0.3, -0.25) is 0 Å². The van der Waals surface area contributed by atoms with Gasteiger partial charge in [-0.05, 0) is 34.0 Å². The van der Waals surface area contributed by atoms with Crippen molar-refractivity contribution in [3.63, 3.8) is 0 Å². The minimum atomic E-state index is 0.268. The zero-order chi connectivity index (χ0) is 10.1. The van der Waals surface area contributed by atoms with Gasteiger partial charge in [0, 0.05) is 25.3 Å². The van der Waals surface area contributed by atoms with E-state index in [-0.39, 0.29) is 6.04 Å². The Kier molecular flexibility index (Phi) is 2.74. The second-order valence-electron chi connectivity index (χ2n) is 3.85. The van der Waals surface area contributed by atoms with E-state index >= 15 is 0 Å². The molecule has 2 unspecified atom stereocenters. The van der Waals surface area contributed by atoms with E-state index < -0.39 is 0 Å². The van der Waals surface area contributed by atoms with E-state index in [1.54, 1.807) is 0 Å². The number of pyridine rings is 1. The minimum absolute atomic E-state index is 0.268. The maximum Gasteiger partial charge on any atom is 0.142 e. The van der Waals surface area contributed by atoms with Gasteiger partial charge in [-0.25, -0.2) is 4.98 Å². The summed E-state index contributed by atoms with van der Waals surface area (Å²) in [5.74, 6) is 1.55. The van der Waals surface area contributed by atoms with Gasteiger partial charge in [-0.2, -0.15) is 0 Å². The van der Waals surface area contributed by atoms with Gasteiger partial charge < -0.3 is 10.6 Å². The van der Waals surface area contributed by atoms with E-state index in [2.05, 4.69) is 32.7 Å². The van der Waals surface area contributed by atoms with Crippen molar-refractivity contribution in [1.29, 1.82) is 0 Å². The van der Waals surface area contributed by atoms with Crippen LogP contribution in [-0.2, 0) is 0 Å². The van der Waals surface area contributed by atoms with Crippen LogP contribution in [0.1, 0.15) is 6.92 Å². The Labute approximate surface area is 92.4 Å². The van der Waals surface area contributed by atoms with Gasteiger partial charge in [0.15, 0.2) is 0 Å². The number of anilines is 1. The van der Waals surface area contributed by atoms with Crippen molar-refractivity contribution < 1.29 is 0 Å². The number of nitrogens with zero attached hydrogens (tertiary/aromatic N) is 2. The predicted octanol–water partition coefficient (Wildman–Crippen LogP) is 1.63. The summed E-state index contributed by atoms with van der Waals surface area (Å²) in [6.45, 7) is 4.08. The SMILES string of the molecule is CC1CN(c2ncccc2Br)CC1N. The highest BCUT2D eigenvalue weighted by atomic mass is 79.9. The Morgan fingerprint density at radius 3 is 2.93 bits per heavy atom. The molecule has 0 bridgehead atoms. The van der Waals surface area contributed by atoms with Gasteiger partial charge in [0.05, 0.1) is 4.47 Å². The van der Waals surface area contributed by atoms with Crippen LogP contribution in [-0.4, -0.2) is 24.1 Å². The van der Waals surface area contributed by atoms with Gasteiger partial charge in [-0.1, -0.05) is 6.92 Å². The number of rotatable bonds is 1. The van der Waals surface area contributed by atoms with Gasteiger partial charge >= 0.3 is 0 Å². The topological polar surface area (TPSA) is 42.2 Å². The Hall–Kier alpha value is -0.610. The third-order valence-corrected chi connectivity index (χ3v) is 3.33. The highest BCUT2D eigenvalue weighted by molar-refractivity contribution is 9.10. The molecule has 1 fully saturated rings. The number of nitrogens with two attached hydrogens (primary N) is 1. The van der Waals surface area contributed by atoms with Crippen LogP contribution in [0, 0.1) is 5.92 Å². The Balaban J connectivity index is 2.21. The molecule has 0 aliphatic carbocycles. The Morgan fingerprint density at radius 2 is 2.36 bits per heavy atom. The molecule has 2 heterocycles. The number of hydrogen-bond donors (Lipinski definition) is 1. The number of halogens is 1. The van der Waals surface area contributed by atoms with Crippen LogP contribution in [0.4, 0.5) is 5.82 Å². The summed E-state index contributed by atoms with van der Waals surface area (Å²) in [4.78, 5) is 6.59. The first-order valence-corrected chi connectivity index (χ1v) is 5.59. The third kappa shape index (κ3) is 1.77. The molecule has 0 aromatic carbocycles. The normalized spacial score (nSPS) is 26.9. The molecule has 2 atom stereocenters. The summed E-state index contributed by atoms with van der Waals surface area (Å²) < 4.78 is 1.04. The lowest BCUT2D eigenvalue weighted by atomic mass is 10.1. The van der Waals surface area contributed by atoms with Crippen LogP contribution in [0.3, 0.4) is 0 Å². The van der Waals surface area contributed by atoms with Gasteiger partial charge in [0.2, 0.25) is 0 Å². The van der Waals surface area contributed by atoms with E-state index in [1.165, 1.54) is 0 Å². The Morgan fingerprint density at radius 1 is 1.57 bits per heavy atom. The van der Waals surface area contributed by atoms with E-state index in [1.807, 2.05) is 18.3 Å². The largest absolute Gasteiger partial charge is 0.354 e. The smallest absolute Gasteiger partial charge is 0.142 e. The summed E-state index contributed by atoms with van der Waals surface area (Å²) in [5.41, 5.74) is 5.97. The van der Waals surface area contributed by atoms with Crippen LogP contribution in [0.2, 0.25) is 0 Å². The predicted molar refractivity (Wildman–Crippen MR) is 61.3 cm³/mol. The molecule has 1 aliphatic rings. The van der Waals surface area contributed by atoms with Crippen molar-refractivity contribution in [2.75, 3.05) is 18.0 Å². The maximum atomic E-state index is 5.97. The van der Waals surface area contributed by atoms with Crippen molar-refractivity contribution in [2.24, 2.45) is 11.7 Å². The molecule has 14 heavy (non-hydrogen) atoms. The Bertz CT molecular complexity index is 319. The highest BCUT2D eigenvalue weighted by Crippen LogP contribution is 2.27. The lowest BCUT2D eigenvalue weighted by molar-refractivity contribution is 0.566. The van der Waals surface area contributed by atoms with E-state index in [0.29, 0.717) is 5.92 Å². The van der Waals surface area contributed by atoms with Crippen molar-refractivity contribution in [2.45, 2.75) is 13.0 Å². The monoisotopic (exact) mass is 255 g/mol. The summed E-state index contributed by atoms with van der Waals surface area (Å²) in [6.07, 6.45) is 1.81. The zero-order valence-electron chi connectivity index (χ0n) is 8.15. The molecule has 0 saturated carbocycles. The van der Waals surface area contributed by atoms with Crippen molar-refractivity contribution in [3.05, 3.63) is 22.8 Å². The minimum Gasteiger partial charge on any atom is -0.354 e. The van der Waals surface area contributed by atoms with E-state index in [0.717, 1.165) is 23.4 Å². The second-order valence-corrected chi connectivity index (χ2v) is 4.71. The molecule has 2 N–H and O–H groups in total. The molecule has 2 rings (SSSR count). The molecule has 1 aromatic rings. The lowest BCUT2D eigenvalue weighted by Gasteiger charge is -2.17. The van der Waals surface area contributed by atoms with Crippen LogP contribution in [0.5, 0.6) is 0 Å². The van der Waals surface area contributed by atoms with Crippen molar-refractivity contribution >= 4 is 21.7 Å². The lowest BCUT2D eigenvalue weighted by Crippen LogP contribution is -2.28. The quantitative estimate of drug-likeness (QED) is 0.830. The molecule has 0 spiro atoms. The average molecular weight is 256 g/mol. The maximum absolute atomic E-state index is 5.97. The summed E-state index contributed by atoms with van der Waals surface area (Å²) in [7, 11) is 0. The van der Waals surface area contributed by atoms with E-state index in [9.17, 15) is 0 Å². The molecule has 76 valence electrons. The molecule has 4 heteroatoms.